The van der Waals surface area contributed by atoms with E-state index in [1.54, 1.807) is 0 Å². The average molecular weight is 309 g/mol. The summed E-state index contributed by atoms with van der Waals surface area (Å²) >= 11 is 0. The molecule has 0 saturated heterocycles. The molecular formula is C21H27NO. The Hall–Kier alpha value is -1.64. The van der Waals surface area contributed by atoms with Crippen molar-refractivity contribution in [3.63, 3.8) is 0 Å². The van der Waals surface area contributed by atoms with Crippen LogP contribution in [0, 0.1) is 0 Å². The minimum atomic E-state index is 0.168. The van der Waals surface area contributed by atoms with Gasteiger partial charge in [-0.05, 0) is 56.2 Å². The summed E-state index contributed by atoms with van der Waals surface area (Å²) in [5.74, 6) is 0.454. The molecule has 2 nitrogen and oxygen atoms in total. The topological polar surface area (TPSA) is 12.5 Å². The Kier molecular flexibility index (Phi) is 5.14. The van der Waals surface area contributed by atoms with E-state index < -0.39 is 0 Å². The SMILES string of the molecule is CCOC1Cc2ccccc2C(CCN(C)C)c2ccccc21. The Balaban J connectivity index is 2.08. The van der Waals surface area contributed by atoms with Crippen LogP contribution in [0.1, 0.15) is 47.6 Å². The van der Waals surface area contributed by atoms with E-state index in [0.717, 1.165) is 26.0 Å². The Morgan fingerprint density at radius 1 is 0.957 bits per heavy atom. The molecule has 0 N–H and O–H groups in total. The van der Waals surface area contributed by atoms with Gasteiger partial charge < -0.3 is 9.64 Å². The lowest BCUT2D eigenvalue weighted by molar-refractivity contribution is 0.0628. The molecule has 2 aromatic rings. The number of fused-ring (bicyclic) bond motifs is 2. The number of hydrogen-bond donors (Lipinski definition) is 0. The van der Waals surface area contributed by atoms with Crippen LogP contribution in [-0.2, 0) is 11.2 Å². The van der Waals surface area contributed by atoms with Gasteiger partial charge in [-0.25, -0.2) is 0 Å². The Morgan fingerprint density at radius 3 is 2.30 bits per heavy atom. The summed E-state index contributed by atoms with van der Waals surface area (Å²) in [6.45, 7) is 3.93. The van der Waals surface area contributed by atoms with Gasteiger partial charge in [-0.2, -0.15) is 0 Å². The number of nitrogens with zero attached hydrogens (tertiary/aromatic N) is 1. The number of benzene rings is 2. The highest BCUT2D eigenvalue weighted by Gasteiger charge is 2.28. The normalized spacial score (nSPS) is 20.0. The van der Waals surface area contributed by atoms with Crippen molar-refractivity contribution in [1.82, 2.24) is 4.90 Å². The largest absolute Gasteiger partial charge is 0.373 e. The van der Waals surface area contributed by atoms with Crippen molar-refractivity contribution >= 4 is 0 Å². The van der Waals surface area contributed by atoms with Gasteiger partial charge in [0, 0.05) is 18.9 Å². The highest BCUT2D eigenvalue weighted by atomic mass is 16.5. The van der Waals surface area contributed by atoms with Gasteiger partial charge in [0.1, 0.15) is 0 Å². The summed E-state index contributed by atoms with van der Waals surface area (Å²) in [4.78, 5) is 2.27. The number of hydrogen-bond acceptors (Lipinski definition) is 2. The van der Waals surface area contributed by atoms with E-state index in [1.807, 2.05) is 0 Å². The van der Waals surface area contributed by atoms with Crippen LogP contribution >= 0.6 is 0 Å². The molecule has 0 radical (unpaired) electrons. The van der Waals surface area contributed by atoms with E-state index >= 15 is 0 Å². The van der Waals surface area contributed by atoms with Gasteiger partial charge in [0.25, 0.3) is 0 Å². The lowest BCUT2D eigenvalue weighted by atomic mass is 9.85. The van der Waals surface area contributed by atoms with Crippen LogP contribution < -0.4 is 0 Å². The van der Waals surface area contributed by atoms with Gasteiger partial charge >= 0.3 is 0 Å². The molecule has 2 aromatic carbocycles. The van der Waals surface area contributed by atoms with Gasteiger partial charge in [-0.3, -0.25) is 0 Å². The fourth-order valence-electron chi connectivity index (χ4n) is 3.71. The zero-order valence-electron chi connectivity index (χ0n) is 14.5. The second-order valence-electron chi connectivity index (χ2n) is 6.62. The fourth-order valence-corrected chi connectivity index (χ4v) is 3.71. The van der Waals surface area contributed by atoms with Crippen LogP contribution in [0.5, 0.6) is 0 Å². The number of ether oxygens (including phenoxy) is 1. The fraction of sp³-hybridized carbons (Fsp3) is 0.429. The molecule has 2 atom stereocenters. The van der Waals surface area contributed by atoms with Crippen LogP contribution in [0.3, 0.4) is 0 Å². The molecule has 0 aliphatic heterocycles. The molecule has 0 bridgehead atoms. The monoisotopic (exact) mass is 309 g/mol. The van der Waals surface area contributed by atoms with E-state index in [9.17, 15) is 0 Å². The van der Waals surface area contributed by atoms with Crippen LogP contribution in [0.25, 0.3) is 0 Å². The molecule has 1 aliphatic rings. The Bertz CT molecular complexity index is 650. The van der Waals surface area contributed by atoms with Crippen LogP contribution in [0.15, 0.2) is 48.5 Å². The third-order valence-corrected chi connectivity index (χ3v) is 4.79. The zero-order chi connectivity index (χ0) is 16.2. The van der Waals surface area contributed by atoms with Crippen molar-refractivity contribution in [2.45, 2.75) is 31.8 Å². The molecule has 0 heterocycles. The lowest BCUT2D eigenvalue weighted by Gasteiger charge is -2.23. The molecule has 23 heavy (non-hydrogen) atoms. The van der Waals surface area contributed by atoms with Crippen molar-refractivity contribution in [2.75, 3.05) is 27.2 Å². The molecule has 0 spiro atoms. The summed E-state index contributed by atoms with van der Waals surface area (Å²) in [5, 5.41) is 0. The second-order valence-corrected chi connectivity index (χ2v) is 6.62. The van der Waals surface area contributed by atoms with E-state index in [1.165, 1.54) is 22.3 Å². The Labute approximate surface area is 140 Å². The van der Waals surface area contributed by atoms with Gasteiger partial charge in [0.05, 0.1) is 6.10 Å². The quantitative estimate of drug-likeness (QED) is 0.811. The first-order valence-electron chi connectivity index (χ1n) is 8.63. The standard InChI is InChI=1S/C21H27NO/c1-4-23-21-15-16-9-5-6-10-17(16)19(13-14-22(2)3)18-11-7-8-12-20(18)21/h5-12,19,21H,4,13-15H2,1-3H3. The van der Waals surface area contributed by atoms with Gasteiger partial charge in [-0.1, -0.05) is 48.5 Å². The first-order valence-corrected chi connectivity index (χ1v) is 8.63. The van der Waals surface area contributed by atoms with E-state index in [-0.39, 0.29) is 6.10 Å². The molecule has 3 rings (SSSR count). The van der Waals surface area contributed by atoms with Gasteiger partial charge in [0.15, 0.2) is 0 Å². The molecule has 0 aromatic heterocycles. The van der Waals surface area contributed by atoms with Crippen molar-refractivity contribution in [1.29, 1.82) is 0 Å². The van der Waals surface area contributed by atoms with Crippen molar-refractivity contribution < 1.29 is 4.74 Å². The van der Waals surface area contributed by atoms with Crippen LogP contribution in [-0.4, -0.2) is 32.1 Å². The average Bonchev–Trinajstić information content (AvgIpc) is 2.68. The maximum absolute atomic E-state index is 6.11. The summed E-state index contributed by atoms with van der Waals surface area (Å²) < 4.78 is 6.11. The minimum Gasteiger partial charge on any atom is -0.373 e. The summed E-state index contributed by atoms with van der Waals surface area (Å²) in [7, 11) is 4.30. The predicted molar refractivity (Wildman–Crippen MR) is 96.0 cm³/mol. The molecule has 2 heteroatoms. The maximum atomic E-state index is 6.11. The molecule has 122 valence electrons. The molecule has 1 aliphatic carbocycles. The third-order valence-electron chi connectivity index (χ3n) is 4.79. The predicted octanol–water partition coefficient (Wildman–Crippen LogP) is 4.40. The van der Waals surface area contributed by atoms with Crippen LogP contribution in [0.4, 0.5) is 0 Å². The van der Waals surface area contributed by atoms with Crippen molar-refractivity contribution in [2.24, 2.45) is 0 Å². The van der Waals surface area contributed by atoms with Crippen molar-refractivity contribution in [3.05, 3.63) is 70.8 Å². The highest BCUT2D eigenvalue weighted by Crippen LogP contribution is 2.41. The van der Waals surface area contributed by atoms with E-state index in [0.29, 0.717) is 5.92 Å². The summed E-state index contributed by atoms with van der Waals surface area (Å²) in [5.41, 5.74) is 5.72. The molecule has 0 amide bonds. The molecule has 2 unspecified atom stereocenters. The zero-order valence-corrected chi connectivity index (χ0v) is 14.5. The molecular weight excluding hydrogens is 282 g/mol. The first-order chi connectivity index (χ1) is 11.2. The molecule has 0 fully saturated rings. The third kappa shape index (κ3) is 3.49. The summed E-state index contributed by atoms with van der Waals surface area (Å²) in [6.07, 6.45) is 2.28. The minimum absolute atomic E-state index is 0.168. The van der Waals surface area contributed by atoms with E-state index in [2.05, 4.69) is 74.4 Å². The lowest BCUT2D eigenvalue weighted by Crippen LogP contribution is -2.17. The highest BCUT2D eigenvalue weighted by molar-refractivity contribution is 5.46. The smallest absolute Gasteiger partial charge is 0.0868 e. The van der Waals surface area contributed by atoms with Gasteiger partial charge in [-0.15, -0.1) is 0 Å². The number of rotatable bonds is 5. The second kappa shape index (κ2) is 7.29. The van der Waals surface area contributed by atoms with Crippen molar-refractivity contribution in [3.8, 4) is 0 Å². The maximum Gasteiger partial charge on any atom is 0.0868 e. The van der Waals surface area contributed by atoms with E-state index in [4.69, 9.17) is 4.74 Å². The Morgan fingerprint density at radius 2 is 1.61 bits per heavy atom. The van der Waals surface area contributed by atoms with Crippen LogP contribution in [0.2, 0.25) is 0 Å². The first kappa shape index (κ1) is 16.2. The molecule has 0 saturated carbocycles. The van der Waals surface area contributed by atoms with Gasteiger partial charge in [0.2, 0.25) is 0 Å². The summed E-state index contributed by atoms with van der Waals surface area (Å²) in [6, 6.07) is 17.8.